The molecule has 1 N–H and O–H groups in total. The molecule has 2 rings (SSSR count). The van der Waals surface area contributed by atoms with E-state index in [9.17, 15) is 0 Å². The Kier molecular flexibility index (Phi) is 4.36. The third-order valence-electron chi connectivity index (χ3n) is 4.06. The first-order chi connectivity index (χ1) is 8.63. The third kappa shape index (κ3) is 3.30. The van der Waals surface area contributed by atoms with Gasteiger partial charge in [0, 0.05) is 31.6 Å². The zero-order chi connectivity index (χ0) is 13.0. The van der Waals surface area contributed by atoms with Gasteiger partial charge in [-0.1, -0.05) is 6.92 Å². The second kappa shape index (κ2) is 5.81. The highest BCUT2D eigenvalue weighted by Gasteiger charge is 2.31. The predicted octanol–water partition coefficient (Wildman–Crippen LogP) is 2.83. The van der Waals surface area contributed by atoms with Gasteiger partial charge < -0.3 is 10.1 Å². The average molecular weight is 248 g/mol. The number of hydrogen-bond acceptors (Lipinski definition) is 3. The van der Waals surface area contributed by atoms with E-state index in [1.165, 1.54) is 11.1 Å². The Hall–Kier alpha value is -0.930. The molecule has 1 aliphatic rings. The molecule has 0 aliphatic carbocycles. The standard InChI is InChI=1S/C15H24N2O/c1-4-15(3)9-14(6-8-18-15)17-11-13-5-7-16-10-12(13)2/h5,7,10,14,17H,4,6,8-9,11H2,1-3H3. The molecule has 2 unspecified atom stereocenters. The Labute approximate surface area is 110 Å². The van der Waals surface area contributed by atoms with Crippen molar-refractivity contribution < 1.29 is 4.74 Å². The van der Waals surface area contributed by atoms with Gasteiger partial charge in [0.2, 0.25) is 0 Å². The summed E-state index contributed by atoms with van der Waals surface area (Å²) in [6.07, 6.45) is 7.09. The monoisotopic (exact) mass is 248 g/mol. The van der Waals surface area contributed by atoms with Crippen LogP contribution in [0.3, 0.4) is 0 Å². The van der Waals surface area contributed by atoms with Gasteiger partial charge in [-0.2, -0.15) is 0 Å². The first-order valence-electron chi connectivity index (χ1n) is 6.90. The lowest BCUT2D eigenvalue weighted by Gasteiger charge is -2.38. The predicted molar refractivity (Wildman–Crippen MR) is 73.5 cm³/mol. The maximum absolute atomic E-state index is 5.87. The minimum absolute atomic E-state index is 0.0587. The molecule has 0 aromatic carbocycles. The third-order valence-corrected chi connectivity index (χ3v) is 4.06. The Morgan fingerprint density at radius 3 is 3.11 bits per heavy atom. The van der Waals surface area contributed by atoms with E-state index < -0.39 is 0 Å². The van der Waals surface area contributed by atoms with Gasteiger partial charge in [0.15, 0.2) is 0 Å². The van der Waals surface area contributed by atoms with Crippen molar-refractivity contribution in [2.24, 2.45) is 0 Å². The van der Waals surface area contributed by atoms with E-state index in [1.54, 1.807) is 0 Å². The van der Waals surface area contributed by atoms with Crippen LogP contribution < -0.4 is 5.32 Å². The molecule has 1 aromatic heterocycles. The molecule has 1 aliphatic heterocycles. The molecule has 0 spiro atoms. The minimum Gasteiger partial charge on any atom is -0.375 e. The lowest BCUT2D eigenvalue weighted by molar-refractivity contribution is -0.0781. The average Bonchev–Trinajstić information content (AvgIpc) is 2.38. The zero-order valence-corrected chi connectivity index (χ0v) is 11.7. The molecule has 2 atom stereocenters. The largest absolute Gasteiger partial charge is 0.375 e. The van der Waals surface area contributed by atoms with Crippen molar-refractivity contribution in [2.45, 2.75) is 58.2 Å². The van der Waals surface area contributed by atoms with E-state index in [-0.39, 0.29) is 5.60 Å². The minimum atomic E-state index is 0.0587. The Bertz CT molecular complexity index is 394. The van der Waals surface area contributed by atoms with Gasteiger partial charge in [0.25, 0.3) is 0 Å². The lowest BCUT2D eigenvalue weighted by Crippen LogP contribution is -2.44. The molecule has 0 radical (unpaired) electrons. The smallest absolute Gasteiger partial charge is 0.0666 e. The van der Waals surface area contributed by atoms with Gasteiger partial charge >= 0.3 is 0 Å². The van der Waals surface area contributed by atoms with Gasteiger partial charge in [0.05, 0.1) is 5.60 Å². The van der Waals surface area contributed by atoms with Gasteiger partial charge in [0.1, 0.15) is 0 Å². The first kappa shape index (κ1) is 13.5. The van der Waals surface area contributed by atoms with E-state index in [1.807, 2.05) is 12.4 Å². The van der Waals surface area contributed by atoms with Crippen molar-refractivity contribution in [3.05, 3.63) is 29.6 Å². The van der Waals surface area contributed by atoms with Crippen molar-refractivity contribution in [3.8, 4) is 0 Å². The summed E-state index contributed by atoms with van der Waals surface area (Å²) in [5.41, 5.74) is 2.66. The molecule has 0 saturated carbocycles. The Morgan fingerprint density at radius 1 is 1.56 bits per heavy atom. The number of nitrogens with zero attached hydrogens (tertiary/aromatic N) is 1. The summed E-state index contributed by atoms with van der Waals surface area (Å²) in [5.74, 6) is 0. The van der Waals surface area contributed by atoms with E-state index in [2.05, 4.69) is 37.1 Å². The second-order valence-corrected chi connectivity index (χ2v) is 5.52. The van der Waals surface area contributed by atoms with Crippen LogP contribution in [-0.4, -0.2) is 23.2 Å². The molecule has 2 heterocycles. The fraction of sp³-hybridized carbons (Fsp3) is 0.667. The molecule has 100 valence electrons. The van der Waals surface area contributed by atoms with Crippen molar-refractivity contribution in [1.29, 1.82) is 0 Å². The molecule has 0 amide bonds. The van der Waals surface area contributed by atoms with Crippen LogP contribution in [0, 0.1) is 6.92 Å². The van der Waals surface area contributed by atoms with Gasteiger partial charge in [-0.25, -0.2) is 0 Å². The first-order valence-corrected chi connectivity index (χ1v) is 6.90. The van der Waals surface area contributed by atoms with Crippen molar-refractivity contribution in [1.82, 2.24) is 10.3 Å². The highest BCUT2D eigenvalue weighted by atomic mass is 16.5. The molecule has 1 aromatic rings. The molecule has 1 fully saturated rings. The Morgan fingerprint density at radius 2 is 2.39 bits per heavy atom. The summed E-state index contributed by atoms with van der Waals surface area (Å²) >= 11 is 0. The maximum atomic E-state index is 5.87. The number of pyridine rings is 1. The molecule has 0 bridgehead atoms. The second-order valence-electron chi connectivity index (χ2n) is 5.52. The highest BCUT2D eigenvalue weighted by Crippen LogP contribution is 2.27. The van der Waals surface area contributed by atoms with Crippen LogP contribution >= 0.6 is 0 Å². The SMILES string of the molecule is CCC1(C)CC(NCc2ccncc2C)CCO1. The van der Waals surface area contributed by atoms with Crippen LogP contribution in [0.25, 0.3) is 0 Å². The molecule has 3 heteroatoms. The summed E-state index contributed by atoms with van der Waals surface area (Å²) < 4.78 is 5.87. The van der Waals surface area contributed by atoms with E-state index in [0.717, 1.165) is 32.4 Å². The summed E-state index contributed by atoms with van der Waals surface area (Å²) in [6.45, 7) is 8.34. The molecule has 18 heavy (non-hydrogen) atoms. The fourth-order valence-corrected chi connectivity index (χ4v) is 2.51. The molecule has 3 nitrogen and oxygen atoms in total. The number of aromatic nitrogens is 1. The summed E-state index contributed by atoms with van der Waals surface area (Å²) in [4.78, 5) is 4.13. The van der Waals surface area contributed by atoms with E-state index in [4.69, 9.17) is 4.74 Å². The van der Waals surface area contributed by atoms with Crippen molar-refractivity contribution in [2.75, 3.05) is 6.61 Å². The van der Waals surface area contributed by atoms with Gasteiger partial charge in [-0.3, -0.25) is 4.98 Å². The van der Waals surface area contributed by atoms with E-state index in [0.29, 0.717) is 6.04 Å². The highest BCUT2D eigenvalue weighted by molar-refractivity contribution is 5.21. The number of aryl methyl sites for hydroxylation is 1. The van der Waals surface area contributed by atoms with E-state index >= 15 is 0 Å². The van der Waals surface area contributed by atoms with Crippen molar-refractivity contribution in [3.63, 3.8) is 0 Å². The number of rotatable bonds is 4. The van der Waals surface area contributed by atoms with Crippen LogP contribution in [0.2, 0.25) is 0 Å². The molecular formula is C15H24N2O. The lowest BCUT2D eigenvalue weighted by atomic mass is 9.90. The number of nitrogens with one attached hydrogen (secondary N) is 1. The quantitative estimate of drug-likeness (QED) is 0.889. The number of ether oxygens (including phenoxy) is 1. The molecule has 1 saturated heterocycles. The van der Waals surface area contributed by atoms with Crippen LogP contribution in [0.1, 0.15) is 44.2 Å². The summed E-state index contributed by atoms with van der Waals surface area (Å²) in [6, 6.07) is 2.66. The topological polar surface area (TPSA) is 34.2 Å². The normalized spacial score (nSPS) is 28.3. The molecular weight excluding hydrogens is 224 g/mol. The van der Waals surface area contributed by atoms with Crippen LogP contribution in [0.5, 0.6) is 0 Å². The van der Waals surface area contributed by atoms with Crippen molar-refractivity contribution >= 4 is 0 Å². The van der Waals surface area contributed by atoms with Crippen LogP contribution in [0.15, 0.2) is 18.5 Å². The summed E-state index contributed by atoms with van der Waals surface area (Å²) in [7, 11) is 0. The van der Waals surface area contributed by atoms with Crippen LogP contribution in [-0.2, 0) is 11.3 Å². The van der Waals surface area contributed by atoms with Crippen LogP contribution in [0.4, 0.5) is 0 Å². The van der Waals surface area contributed by atoms with Gasteiger partial charge in [-0.05, 0) is 50.3 Å². The zero-order valence-electron chi connectivity index (χ0n) is 11.7. The fourth-order valence-electron chi connectivity index (χ4n) is 2.51. The maximum Gasteiger partial charge on any atom is 0.0666 e. The Balaban J connectivity index is 1.89. The summed E-state index contributed by atoms with van der Waals surface area (Å²) in [5, 5.41) is 3.66. The number of hydrogen-bond donors (Lipinski definition) is 1. The van der Waals surface area contributed by atoms with Gasteiger partial charge in [-0.15, -0.1) is 0 Å².